The number of Topliss-reactive ketones (excluding diaryl/α,β-unsaturated/α-hetero) is 1. The molecule has 1 aliphatic rings. The minimum Gasteiger partial charge on any atom is -0.507 e. The van der Waals surface area contributed by atoms with Crippen molar-refractivity contribution < 1.29 is 28.6 Å². The van der Waals surface area contributed by atoms with E-state index >= 15 is 0 Å². The molecule has 0 saturated carbocycles. The molecule has 1 unspecified atom stereocenters. The number of halogens is 1. The Morgan fingerprint density at radius 1 is 0.906 bits per heavy atom. The van der Waals surface area contributed by atoms with Gasteiger partial charge in [-0.1, -0.05) is 36.4 Å². The lowest BCUT2D eigenvalue weighted by molar-refractivity contribution is -0.132. The summed E-state index contributed by atoms with van der Waals surface area (Å²) in [6, 6.07) is 18.1. The highest BCUT2D eigenvalue weighted by atomic mass is 19.1. The lowest BCUT2D eigenvalue weighted by Gasteiger charge is -2.26. The lowest BCUT2D eigenvalue weighted by Crippen LogP contribution is -2.29. The highest BCUT2D eigenvalue weighted by molar-refractivity contribution is 6.51. The maximum absolute atomic E-state index is 14.0. The van der Waals surface area contributed by atoms with Crippen LogP contribution in [-0.4, -0.2) is 31.0 Å². The first kappa shape index (κ1) is 21.1. The molecule has 3 aromatic carbocycles. The molecule has 1 atom stereocenters. The van der Waals surface area contributed by atoms with Crippen molar-refractivity contribution in [1.82, 2.24) is 0 Å². The number of hydrogen-bond donors (Lipinski definition) is 1. The van der Waals surface area contributed by atoms with Gasteiger partial charge >= 0.3 is 0 Å². The topological polar surface area (TPSA) is 76.1 Å². The molecular formula is C25H20FNO5. The first-order valence-corrected chi connectivity index (χ1v) is 9.80. The molecule has 0 radical (unpaired) electrons. The van der Waals surface area contributed by atoms with Gasteiger partial charge in [0.15, 0.2) is 0 Å². The molecule has 1 N–H and O–H groups in total. The van der Waals surface area contributed by atoms with Crippen LogP contribution < -0.4 is 14.4 Å². The molecule has 1 amide bonds. The summed E-state index contributed by atoms with van der Waals surface area (Å²) in [7, 11) is 2.84. The zero-order chi connectivity index (χ0) is 22.8. The molecule has 0 aromatic heterocycles. The summed E-state index contributed by atoms with van der Waals surface area (Å²) in [6.45, 7) is 0. The van der Waals surface area contributed by atoms with Crippen LogP contribution in [0.5, 0.6) is 11.5 Å². The van der Waals surface area contributed by atoms with Gasteiger partial charge < -0.3 is 14.6 Å². The van der Waals surface area contributed by atoms with Crippen molar-refractivity contribution in [2.24, 2.45) is 0 Å². The first-order chi connectivity index (χ1) is 15.5. The summed E-state index contributed by atoms with van der Waals surface area (Å²) in [6.07, 6.45) is 0. The summed E-state index contributed by atoms with van der Waals surface area (Å²) in [5.74, 6) is -2.28. The molecule has 1 aliphatic heterocycles. The standard InChI is InChI=1S/C25H20FNO5/c1-31-19-11-7-6-10-17(19)22-21(23(28)18-14-15(26)12-13-20(18)32-2)24(29)25(30)27(22)16-8-4-3-5-9-16/h3-14,22,28H,1-2H3/b23-21+. The fraction of sp³-hybridized carbons (Fsp3) is 0.120. The molecule has 162 valence electrons. The molecule has 0 bridgehead atoms. The highest BCUT2D eigenvalue weighted by Gasteiger charge is 2.48. The lowest BCUT2D eigenvalue weighted by atomic mass is 9.94. The van der Waals surface area contributed by atoms with E-state index in [0.29, 0.717) is 17.0 Å². The van der Waals surface area contributed by atoms with Gasteiger partial charge in [0, 0.05) is 11.3 Å². The van der Waals surface area contributed by atoms with Gasteiger partial charge in [0.25, 0.3) is 11.7 Å². The van der Waals surface area contributed by atoms with Gasteiger partial charge in [-0.3, -0.25) is 14.5 Å². The van der Waals surface area contributed by atoms with Crippen molar-refractivity contribution in [3.8, 4) is 11.5 Å². The second kappa shape index (κ2) is 8.55. The van der Waals surface area contributed by atoms with Crippen LogP contribution in [0, 0.1) is 5.82 Å². The van der Waals surface area contributed by atoms with E-state index in [0.717, 1.165) is 6.07 Å². The average molecular weight is 433 g/mol. The number of amides is 1. The summed E-state index contributed by atoms with van der Waals surface area (Å²) >= 11 is 0. The molecule has 6 nitrogen and oxygen atoms in total. The van der Waals surface area contributed by atoms with Crippen molar-refractivity contribution in [2.45, 2.75) is 6.04 Å². The molecule has 32 heavy (non-hydrogen) atoms. The maximum Gasteiger partial charge on any atom is 0.300 e. The Morgan fingerprint density at radius 3 is 2.25 bits per heavy atom. The van der Waals surface area contributed by atoms with E-state index < -0.39 is 29.3 Å². The summed E-state index contributed by atoms with van der Waals surface area (Å²) < 4.78 is 24.7. The molecule has 1 fully saturated rings. The van der Waals surface area contributed by atoms with Crippen LogP contribution >= 0.6 is 0 Å². The minimum absolute atomic E-state index is 0.0292. The van der Waals surface area contributed by atoms with Crippen LogP contribution in [0.1, 0.15) is 17.2 Å². The highest BCUT2D eigenvalue weighted by Crippen LogP contribution is 2.45. The fourth-order valence-electron chi connectivity index (χ4n) is 3.88. The molecule has 7 heteroatoms. The summed E-state index contributed by atoms with van der Waals surface area (Å²) in [5, 5.41) is 11.2. The van der Waals surface area contributed by atoms with E-state index in [1.54, 1.807) is 54.6 Å². The number of para-hydroxylation sites is 2. The Hall–Kier alpha value is -4.13. The normalized spacial score (nSPS) is 17.5. The largest absolute Gasteiger partial charge is 0.507 e. The number of anilines is 1. The second-order valence-corrected chi connectivity index (χ2v) is 7.09. The Labute approximate surface area is 184 Å². The molecule has 1 saturated heterocycles. The third-order valence-electron chi connectivity index (χ3n) is 5.33. The van der Waals surface area contributed by atoms with Crippen molar-refractivity contribution >= 4 is 23.1 Å². The van der Waals surface area contributed by atoms with Gasteiger partial charge in [-0.05, 0) is 36.4 Å². The van der Waals surface area contributed by atoms with E-state index in [1.807, 2.05) is 0 Å². The van der Waals surface area contributed by atoms with Crippen LogP contribution in [0.15, 0.2) is 78.4 Å². The zero-order valence-corrected chi connectivity index (χ0v) is 17.4. The van der Waals surface area contributed by atoms with E-state index in [-0.39, 0.29) is 16.9 Å². The van der Waals surface area contributed by atoms with E-state index in [9.17, 15) is 19.1 Å². The third kappa shape index (κ3) is 3.47. The predicted octanol–water partition coefficient (Wildman–Crippen LogP) is 4.47. The van der Waals surface area contributed by atoms with E-state index in [1.165, 1.54) is 31.3 Å². The Bertz CT molecular complexity index is 1220. The monoisotopic (exact) mass is 433 g/mol. The van der Waals surface area contributed by atoms with Gasteiger partial charge in [0.1, 0.15) is 23.1 Å². The number of carbonyl (C=O) groups is 2. The van der Waals surface area contributed by atoms with Crippen molar-refractivity contribution in [3.63, 3.8) is 0 Å². The number of rotatable bonds is 5. The van der Waals surface area contributed by atoms with Gasteiger partial charge in [0.2, 0.25) is 0 Å². The number of benzene rings is 3. The quantitative estimate of drug-likeness (QED) is 0.365. The Kier molecular flexibility index (Phi) is 5.64. The smallest absolute Gasteiger partial charge is 0.300 e. The summed E-state index contributed by atoms with van der Waals surface area (Å²) in [4.78, 5) is 27.6. The van der Waals surface area contributed by atoms with Crippen molar-refractivity contribution in [3.05, 3.63) is 95.3 Å². The summed E-state index contributed by atoms with van der Waals surface area (Å²) in [5.41, 5.74) is 0.747. The Balaban J connectivity index is 2.02. The van der Waals surface area contributed by atoms with Crippen LogP contribution in [0.4, 0.5) is 10.1 Å². The van der Waals surface area contributed by atoms with Crippen LogP contribution in [0.25, 0.3) is 5.76 Å². The fourth-order valence-corrected chi connectivity index (χ4v) is 3.88. The van der Waals surface area contributed by atoms with Crippen molar-refractivity contribution in [2.75, 3.05) is 19.1 Å². The van der Waals surface area contributed by atoms with Crippen LogP contribution in [0.3, 0.4) is 0 Å². The number of ketones is 1. The van der Waals surface area contributed by atoms with E-state index in [4.69, 9.17) is 9.47 Å². The number of nitrogens with zero attached hydrogens (tertiary/aromatic N) is 1. The molecule has 0 spiro atoms. The van der Waals surface area contributed by atoms with Gasteiger partial charge in [0.05, 0.1) is 31.4 Å². The minimum atomic E-state index is -0.999. The first-order valence-electron chi connectivity index (χ1n) is 9.80. The molecule has 4 rings (SSSR count). The second-order valence-electron chi connectivity index (χ2n) is 7.09. The Morgan fingerprint density at radius 2 is 1.56 bits per heavy atom. The SMILES string of the molecule is COc1ccc(F)cc1/C(O)=C1\C(=O)C(=O)N(c2ccccc2)C1c1ccccc1OC. The van der Waals surface area contributed by atoms with Gasteiger partial charge in [-0.2, -0.15) is 0 Å². The maximum atomic E-state index is 14.0. The number of methoxy groups -OCH3 is 2. The molecule has 3 aromatic rings. The predicted molar refractivity (Wildman–Crippen MR) is 117 cm³/mol. The number of aliphatic hydroxyl groups is 1. The number of carbonyl (C=O) groups excluding carboxylic acids is 2. The van der Waals surface area contributed by atoms with Crippen LogP contribution in [-0.2, 0) is 9.59 Å². The number of ether oxygens (including phenoxy) is 2. The van der Waals surface area contributed by atoms with Gasteiger partial charge in [-0.15, -0.1) is 0 Å². The third-order valence-corrected chi connectivity index (χ3v) is 5.33. The molecular weight excluding hydrogens is 413 g/mol. The number of aliphatic hydroxyl groups excluding tert-OH is 1. The van der Waals surface area contributed by atoms with Gasteiger partial charge in [-0.25, -0.2) is 4.39 Å². The van der Waals surface area contributed by atoms with Crippen molar-refractivity contribution in [1.29, 1.82) is 0 Å². The zero-order valence-electron chi connectivity index (χ0n) is 17.4. The molecule has 0 aliphatic carbocycles. The number of hydrogen-bond acceptors (Lipinski definition) is 5. The van der Waals surface area contributed by atoms with Crippen LogP contribution in [0.2, 0.25) is 0 Å². The average Bonchev–Trinajstić information content (AvgIpc) is 3.09. The van der Waals surface area contributed by atoms with E-state index in [2.05, 4.69) is 0 Å². The molecule has 1 heterocycles.